The van der Waals surface area contributed by atoms with Crippen molar-refractivity contribution in [2.24, 2.45) is 0 Å². The molecule has 3 heterocycles. The van der Waals surface area contributed by atoms with Crippen LogP contribution in [-0.2, 0) is 16.1 Å². The number of hydrogen-bond acceptors (Lipinski definition) is 6. The van der Waals surface area contributed by atoms with E-state index in [-0.39, 0.29) is 23.4 Å². The number of hydrogen-bond donors (Lipinski definition) is 1. The molecule has 2 aromatic heterocycles. The fraction of sp³-hybridized carbons (Fsp3) is 0.261. The first kappa shape index (κ1) is 21.4. The van der Waals surface area contributed by atoms with Crippen LogP contribution in [0, 0.1) is 12.7 Å². The number of aryl methyl sites for hydroxylation is 2. The van der Waals surface area contributed by atoms with Crippen LogP contribution >= 0.6 is 0 Å². The van der Waals surface area contributed by atoms with Gasteiger partial charge >= 0.3 is 0 Å². The fourth-order valence-electron chi connectivity index (χ4n) is 3.82. The zero-order valence-corrected chi connectivity index (χ0v) is 17.6. The molecule has 4 rings (SSSR count). The van der Waals surface area contributed by atoms with Crippen LogP contribution in [0.1, 0.15) is 29.5 Å². The van der Waals surface area contributed by atoms with E-state index in [1.165, 1.54) is 24.1 Å². The van der Waals surface area contributed by atoms with E-state index >= 15 is 0 Å². The minimum absolute atomic E-state index is 0.000266. The summed E-state index contributed by atoms with van der Waals surface area (Å²) in [5.74, 6) is -1.82. The molecule has 0 radical (unpaired) electrons. The van der Waals surface area contributed by atoms with E-state index in [1.807, 2.05) is 4.57 Å². The van der Waals surface area contributed by atoms with Gasteiger partial charge in [0.2, 0.25) is 0 Å². The molecule has 9 heteroatoms. The molecule has 1 amide bonds. The maximum absolute atomic E-state index is 14.2. The number of aromatic nitrogens is 2. The van der Waals surface area contributed by atoms with Gasteiger partial charge in [0.15, 0.2) is 11.6 Å². The first-order valence-electron chi connectivity index (χ1n) is 10.0. The number of aliphatic hydroxyl groups excluding tert-OH is 1. The van der Waals surface area contributed by atoms with Crippen molar-refractivity contribution < 1.29 is 28.2 Å². The number of benzene rings is 1. The van der Waals surface area contributed by atoms with Gasteiger partial charge in [0.25, 0.3) is 11.7 Å². The number of nitrogens with zero attached hydrogens (tertiary/aromatic N) is 3. The molecule has 32 heavy (non-hydrogen) atoms. The molecule has 1 aliphatic rings. The highest BCUT2D eigenvalue weighted by Crippen LogP contribution is 2.40. The molecule has 1 N–H and O–H groups in total. The van der Waals surface area contributed by atoms with E-state index in [4.69, 9.17) is 9.15 Å². The molecule has 1 aromatic carbocycles. The van der Waals surface area contributed by atoms with Gasteiger partial charge in [0.05, 0.1) is 19.0 Å². The average molecular weight is 439 g/mol. The van der Waals surface area contributed by atoms with Gasteiger partial charge in [-0.25, -0.2) is 9.37 Å². The number of ether oxygens (including phenoxy) is 1. The topological polar surface area (TPSA) is 97.8 Å². The molecule has 1 atom stereocenters. The quantitative estimate of drug-likeness (QED) is 0.344. The molecule has 1 fully saturated rings. The Morgan fingerprint density at radius 1 is 1.25 bits per heavy atom. The first-order chi connectivity index (χ1) is 15.4. The lowest BCUT2D eigenvalue weighted by atomic mass is 9.99. The van der Waals surface area contributed by atoms with Crippen molar-refractivity contribution in [3.8, 4) is 5.75 Å². The zero-order valence-electron chi connectivity index (χ0n) is 17.6. The van der Waals surface area contributed by atoms with Gasteiger partial charge in [-0.2, -0.15) is 0 Å². The van der Waals surface area contributed by atoms with Crippen molar-refractivity contribution in [2.45, 2.75) is 25.9 Å². The molecular formula is C23H22FN3O5. The molecule has 0 unspecified atom stereocenters. The number of imidazole rings is 1. The molecule has 3 aromatic rings. The molecule has 166 valence electrons. The van der Waals surface area contributed by atoms with Gasteiger partial charge < -0.3 is 23.7 Å². The summed E-state index contributed by atoms with van der Waals surface area (Å²) in [5.41, 5.74) is -0.0791. The molecule has 0 aliphatic carbocycles. The Kier molecular flexibility index (Phi) is 5.81. The number of ketones is 1. The lowest BCUT2D eigenvalue weighted by Gasteiger charge is -2.23. The Labute approximate surface area is 183 Å². The summed E-state index contributed by atoms with van der Waals surface area (Å²) in [5, 5.41) is 10.9. The number of amides is 1. The SMILES string of the molecule is COc1ccc(C(O)=C2C(=O)C(=O)N(CCCn3ccnc3)[C@H]2c2ccc(C)o2)cc1F. The Morgan fingerprint density at radius 2 is 2.06 bits per heavy atom. The fourth-order valence-corrected chi connectivity index (χ4v) is 3.82. The Morgan fingerprint density at radius 3 is 2.69 bits per heavy atom. The van der Waals surface area contributed by atoms with Crippen molar-refractivity contribution in [1.82, 2.24) is 14.5 Å². The van der Waals surface area contributed by atoms with Gasteiger partial charge in [-0.05, 0) is 43.7 Å². The van der Waals surface area contributed by atoms with Gasteiger partial charge in [0.1, 0.15) is 23.3 Å². The summed E-state index contributed by atoms with van der Waals surface area (Å²) < 4.78 is 26.7. The summed E-state index contributed by atoms with van der Waals surface area (Å²) in [7, 11) is 1.33. The summed E-state index contributed by atoms with van der Waals surface area (Å²) in [6, 6.07) is 6.29. The minimum Gasteiger partial charge on any atom is -0.507 e. The van der Waals surface area contributed by atoms with Crippen LogP contribution in [0.25, 0.3) is 5.76 Å². The predicted molar refractivity (Wildman–Crippen MR) is 112 cm³/mol. The van der Waals surface area contributed by atoms with Gasteiger partial charge in [0, 0.05) is 31.0 Å². The van der Waals surface area contributed by atoms with Gasteiger partial charge in [-0.15, -0.1) is 0 Å². The van der Waals surface area contributed by atoms with Crippen molar-refractivity contribution in [3.05, 3.63) is 77.5 Å². The van der Waals surface area contributed by atoms with E-state index < -0.39 is 29.3 Å². The average Bonchev–Trinajstić information content (AvgIpc) is 3.50. The van der Waals surface area contributed by atoms with Crippen molar-refractivity contribution in [2.75, 3.05) is 13.7 Å². The van der Waals surface area contributed by atoms with Crippen molar-refractivity contribution in [3.63, 3.8) is 0 Å². The Balaban J connectivity index is 1.72. The number of Topliss-reactive ketones (excluding diaryl/α,β-unsaturated/α-hetero) is 1. The Bertz CT molecular complexity index is 1180. The van der Waals surface area contributed by atoms with Crippen LogP contribution < -0.4 is 4.74 Å². The monoisotopic (exact) mass is 439 g/mol. The Hall–Kier alpha value is -3.88. The first-order valence-corrected chi connectivity index (χ1v) is 10.0. The zero-order chi connectivity index (χ0) is 22.8. The largest absolute Gasteiger partial charge is 0.507 e. The van der Waals surface area contributed by atoms with E-state index in [0.717, 1.165) is 6.07 Å². The molecule has 1 aliphatic heterocycles. The van der Waals surface area contributed by atoms with Gasteiger partial charge in [-0.3, -0.25) is 9.59 Å². The molecule has 8 nitrogen and oxygen atoms in total. The summed E-state index contributed by atoms with van der Waals surface area (Å²) in [6.45, 7) is 2.59. The molecule has 1 saturated heterocycles. The number of rotatable bonds is 7. The number of halogens is 1. The second-order valence-corrected chi connectivity index (χ2v) is 7.44. The van der Waals surface area contributed by atoms with Crippen molar-refractivity contribution >= 4 is 17.4 Å². The minimum atomic E-state index is -0.920. The van der Waals surface area contributed by atoms with E-state index in [1.54, 1.807) is 37.8 Å². The number of furan rings is 1. The maximum Gasteiger partial charge on any atom is 0.295 e. The predicted octanol–water partition coefficient (Wildman–Crippen LogP) is 3.44. The van der Waals surface area contributed by atoms with Crippen LogP contribution in [0.5, 0.6) is 5.75 Å². The summed E-state index contributed by atoms with van der Waals surface area (Å²) >= 11 is 0. The number of likely N-dealkylation sites (tertiary alicyclic amines) is 1. The molecule has 0 saturated carbocycles. The molecular weight excluding hydrogens is 417 g/mol. The standard InChI is InChI=1S/C23H22FN3O5/c1-14-4-6-18(32-14)20-19(21(28)15-5-7-17(31-2)16(24)12-15)22(29)23(30)27(20)10-3-9-26-11-8-25-13-26/h4-8,11-13,20,28H,3,9-10H2,1-2H3/t20-/m0/s1. The van der Waals surface area contributed by atoms with Gasteiger partial charge in [-0.1, -0.05) is 0 Å². The summed E-state index contributed by atoms with van der Waals surface area (Å²) in [6.07, 6.45) is 5.68. The van der Waals surface area contributed by atoms with Crippen LogP contribution in [0.4, 0.5) is 4.39 Å². The molecule has 0 bridgehead atoms. The number of carbonyl (C=O) groups excluding carboxylic acids is 2. The van der Waals surface area contributed by atoms with E-state index in [0.29, 0.717) is 24.5 Å². The van der Waals surface area contributed by atoms with E-state index in [9.17, 15) is 19.1 Å². The number of methoxy groups -OCH3 is 1. The second kappa shape index (κ2) is 8.70. The number of aliphatic hydroxyl groups is 1. The molecule has 0 spiro atoms. The van der Waals surface area contributed by atoms with Crippen LogP contribution in [0.15, 0.2) is 59.0 Å². The highest BCUT2D eigenvalue weighted by molar-refractivity contribution is 6.46. The summed E-state index contributed by atoms with van der Waals surface area (Å²) in [4.78, 5) is 31.2. The lowest BCUT2D eigenvalue weighted by molar-refractivity contribution is -0.140. The normalized spacial score (nSPS) is 17.8. The third-order valence-corrected chi connectivity index (χ3v) is 5.37. The smallest absolute Gasteiger partial charge is 0.295 e. The third-order valence-electron chi connectivity index (χ3n) is 5.37. The van der Waals surface area contributed by atoms with E-state index in [2.05, 4.69) is 4.98 Å². The van der Waals surface area contributed by atoms with Crippen molar-refractivity contribution in [1.29, 1.82) is 0 Å². The lowest BCUT2D eigenvalue weighted by Crippen LogP contribution is -2.31. The van der Waals surface area contributed by atoms with Crippen LogP contribution in [-0.4, -0.2) is 44.9 Å². The number of carbonyl (C=O) groups is 2. The van der Waals surface area contributed by atoms with Crippen LogP contribution in [0.3, 0.4) is 0 Å². The highest BCUT2D eigenvalue weighted by Gasteiger charge is 2.47. The maximum atomic E-state index is 14.2. The second-order valence-electron chi connectivity index (χ2n) is 7.44. The highest BCUT2D eigenvalue weighted by atomic mass is 19.1. The van der Waals surface area contributed by atoms with Crippen LogP contribution in [0.2, 0.25) is 0 Å². The third kappa shape index (κ3) is 3.89.